The molecule has 0 spiro atoms. The minimum Gasteiger partial charge on any atom is -0.481 e. The van der Waals surface area contributed by atoms with Crippen molar-refractivity contribution in [2.45, 2.75) is 0 Å². The first-order valence-corrected chi connectivity index (χ1v) is 2.70. The third kappa shape index (κ3) is 3.05. The zero-order chi connectivity index (χ0) is 7.28. The summed E-state index contributed by atoms with van der Waals surface area (Å²) in [6.45, 7) is 0.00199. The fourth-order valence-corrected chi connectivity index (χ4v) is 0.476. The van der Waals surface area contributed by atoms with Crippen molar-refractivity contribution < 1.29 is 15.0 Å². The monoisotopic (exact) mass is 133 g/mol. The fraction of sp³-hybridized carbons (Fsp3) is 0.800. The molecule has 0 aromatic carbocycles. The summed E-state index contributed by atoms with van der Waals surface area (Å²) in [5.74, 6) is -1.64. The summed E-state index contributed by atoms with van der Waals surface area (Å²) >= 11 is 0. The van der Waals surface area contributed by atoms with Gasteiger partial charge in [-0.25, -0.2) is 0 Å². The molecule has 0 amide bonds. The summed E-state index contributed by atoms with van der Waals surface area (Å²) in [5, 5.41) is 19.4. The maximum absolute atomic E-state index is 10.1. The number of aliphatic carboxylic acids is 1. The number of hydrogen-bond donors (Lipinski definition) is 3. The minimum absolute atomic E-state index is 0.309. The molecular formula is C5H11NO3. The zero-order valence-electron chi connectivity index (χ0n) is 5.29. The Morgan fingerprint density at radius 1 is 1.78 bits per heavy atom. The molecule has 1 unspecified atom stereocenters. The molecular weight excluding hydrogens is 122 g/mol. The van der Waals surface area contributed by atoms with Gasteiger partial charge >= 0.3 is 5.97 Å². The second-order valence-electron chi connectivity index (χ2n) is 1.78. The lowest BCUT2D eigenvalue weighted by atomic mass is 10.2. The van der Waals surface area contributed by atoms with Gasteiger partial charge in [0.25, 0.3) is 0 Å². The average molecular weight is 133 g/mol. The smallest absolute Gasteiger partial charge is 0.310 e. The van der Waals surface area contributed by atoms with Gasteiger partial charge in [0, 0.05) is 6.54 Å². The number of hydrogen-bond acceptors (Lipinski definition) is 3. The van der Waals surface area contributed by atoms with Crippen LogP contribution in [0.25, 0.3) is 0 Å². The van der Waals surface area contributed by atoms with Crippen LogP contribution in [0.15, 0.2) is 0 Å². The molecule has 0 aliphatic carbocycles. The summed E-state index contributed by atoms with van der Waals surface area (Å²) in [5.41, 5.74) is 0. The van der Waals surface area contributed by atoms with E-state index in [4.69, 9.17) is 10.2 Å². The van der Waals surface area contributed by atoms with E-state index in [0.29, 0.717) is 6.54 Å². The van der Waals surface area contributed by atoms with E-state index in [1.807, 2.05) is 0 Å². The Kier molecular flexibility index (Phi) is 4.00. The largest absolute Gasteiger partial charge is 0.481 e. The van der Waals surface area contributed by atoms with Crippen LogP contribution < -0.4 is 5.32 Å². The molecule has 0 aliphatic heterocycles. The van der Waals surface area contributed by atoms with Gasteiger partial charge in [0.2, 0.25) is 0 Å². The highest BCUT2D eigenvalue weighted by Gasteiger charge is 2.13. The third-order valence-electron chi connectivity index (χ3n) is 1.02. The molecule has 0 saturated carbocycles. The first kappa shape index (κ1) is 8.39. The van der Waals surface area contributed by atoms with Gasteiger partial charge in [-0.05, 0) is 7.05 Å². The third-order valence-corrected chi connectivity index (χ3v) is 1.02. The molecule has 0 radical (unpaired) electrons. The quantitative estimate of drug-likeness (QED) is 0.455. The number of carboxylic acids is 1. The van der Waals surface area contributed by atoms with Crippen molar-refractivity contribution in [1.29, 1.82) is 0 Å². The fourth-order valence-electron chi connectivity index (χ4n) is 0.476. The number of rotatable bonds is 4. The predicted octanol–water partition coefficient (Wildman–Crippen LogP) is -1.10. The molecule has 0 aromatic heterocycles. The molecule has 4 heteroatoms. The van der Waals surface area contributed by atoms with Gasteiger partial charge < -0.3 is 15.5 Å². The van der Waals surface area contributed by atoms with Gasteiger partial charge in [-0.3, -0.25) is 4.79 Å². The first-order valence-electron chi connectivity index (χ1n) is 2.70. The summed E-state index contributed by atoms with van der Waals surface area (Å²) in [6.07, 6.45) is 0. The van der Waals surface area contributed by atoms with Crippen molar-refractivity contribution >= 4 is 5.97 Å². The maximum atomic E-state index is 10.1. The van der Waals surface area contributed by atoms with Crippen LogP contribution in [0.5, 0.6) is 0 Å². The maximum Gasteiger partial charge on any atom is 0.310 e. The summed E-state index contributed by atoms with van der Waals surface area (Å²) in [6, 6.07) is 0. The van der Waals surface area contributed by atoms with E-state index in [1.54, 1.807) is 7.05 Å². The van der Waals surface area contributed by atoms with E-state index in [0.717, 1.165) is 0 Å². The van der Waals surface area contributed by atoms with Gasteiger partial charge in [0.15, 0.2) is 0 Å². The van der Waals surface area contributed by atoms with E-state index in [-0.39, 0.29) is 6.61 Å². The normalized spacial score (nSPS) is 13.1. The van der Waals surface area contributed by atoms with Crippen molar-refractivity contribution in [2.75, 3.05) is 20.2 Å². The summed E-state index contributed by atoms with van der Waals surface area (Å²) < 4.78 is 0. The molecule has 0 rings (SSSR count). The standard InChI is InChI=1S/C5H11NO3/c1-6-2-4(3-7)5(8)9/h4,6-7H,2-3H2,1H3,(H,8,9). The lowest BCUT2D eigenvalue weighted by molar-refractivity contribution is -0.142. The molecule has 0 aliphatic rings. The average Bonchev–Trinajstić information content (AvgIpc) is 1.82. The topological polar surface area (TPSA) is 69.6 Å². The molecule has 3 N–H and O–H groups in total. The number of carboxylic acid groups (broad SMARTS) is 1. The van der Waals surface area contributed by atoms with Crippen LogP contribution in [0.2, 0.25) is 0 Å². The summed E-state index contributed by atoms with van der Waals surface area (Å²) in [7, 11) is 1.64. The van der Waals surface area contributed by atoms with Crippen LogP contribution in [0.1, 0.15) is 0 Å². The zero-order valence-corrected chi connectivity index (χ0v) is 5.29. The van der Waals surface area contributed by atoms with Crippen LogP contribution >= 0.6 is 0 Å². The van der Waals surface area contributed by atoms with Gasteiger partial charge in [-0.2, -0.15) is 0 Å². The SMILES string of the molecule is CNCC(CO)C(=O)O. The molecule has 0 heterocycles. The first-order chi connectivity index (χ1) is 4.22. The molecule has 0 fully saturated rings. The van der Waals surface area contributed by atoms with Crippen LogP contribution in [0, 0.1) is 5.92 Å². The molecule has 0 bridgehead atoms. The van der Waals surface area contributed by atoms with Crippen molar-refractivity contribution in [3.63, 3.8) is 0 Å². The Morgan fingerprint density at radius 2 is 2.33 bits per heavy atom. The van der Waals surface area contributed by atoms with Crippen molar-refractivity contribution in [3.05, 3.63) is 0 Å². The Labute approximate surface area is 53.5 Å². The number of nitrogens with one attached hydrogen (secondary N) is 1. The van der Waals surface area contributed by atoms with Gasteiger partial charge in [0.05, 0.1) is 12.5 Å². The van der Waals surface area contributed by atoms with Crippen molar-refractivity contribution in [1.82, 2.24) is 5.32 Å². The van der Waals surface area contributed by atoms with E-state index in [9.17, 15) is 4.79 Å². The molecule has 9 heavy (non-hydrogen) atoms. The molecule has 0 aromatic rings. The number of aliphatic hydroxyl groups is 1. The van der Waals surface area contributed by atoms with Crippen LogP contribution in [0.4, 0.5) is 0 Å². The minimum atomic E-state index is -0.966. The second kappa shape index (κ2) is 4.29. The lowest BCUT2D eigenvalue weighted by Crippen LogP contribution is -2.28. The summed E-state index contributed by atoms with van der Waals surface area (Å²) in [4.78, 5) is 10.1. The Morgan fingerprint density at radius 3 is 2.44 bits per heavy atom. The van der Waals surface area contributed by atoms with Gasteiger partial charge in [0.1, 0.15) is 0 Å². The Balaban J connectivity index is 3.54. The van der Waals surface area contributed by atoms with E-state index in [2.05, 4.69) is 5.32 Å². The van der Waals surface area contributed by atoms with E-state index < -0.39 is 11.9 Å². The molecule has 54 valence electrons. The number of carbonyl (C=O) groups is 1. The van der Waals surface area contributed by atoms with Crippen molar-refractivity contribution in [3.8, 4) is 0 Å². The van der Waals surface area contributed by atoms with Crippen molar-refractivity contribution in [2.24, 2.45) is 5.92 Å². The van der Waals surface area contributed by atoms with E-state index in [1.165, 1.54) is 0 Å². The molecule has 1 atom stereocenters. The highest BCUT2D eigenvalue weighted by molar-refractivity contribution is 5.70. The van der Waals surface area contributed by atoms with Crippen LogP contribution in [-0.4, -0.2) is 36.4 Å². The number of aliphatic hydroxyl groups excluding tert-OH is 1. The highest BCUT2D eigenvalue weighted by Crippen LogP contribution is 1.90. The molecule has 4 nitrogen and oxygen atoms in total. The van der Waals surface area contributed by atoms with Crippen LogP contribution in [-0.2, 0) is 4.79 Å². The van der Waals surface area contributed by atoms with E-state index >= 15 is 0 Å². The van der Waals surface area contributed by atoms with Gasteiger partial charge in [-0.15, -0.1) is 0 Å². The predicted molar refractivity (Wildman–Crippen MR) is 32.1 cm³/mol. The lowest BCUT2D eigenvalue weighted by Gasteiger charge is -2.05. The molecule has 0 saturated heterocycles. The Hall–Kier alpha value is -0.610. The second-order valence-corrected chi connectivity index (χ2v) is 1.78. The highest BCUT2D eigenvalue weighted by atomic mass is 16.4. The Bertz CT molecular complexity index is 94.2. The van der Waals surface area contributed by atoms with Crippen LogP contribution in [0.3, 0.4) is 0 Å². The van der Waals surface area contributed by atoms with Gasteiger partial charge in [-0.1, -0.05) is 0 Å².